The summed E-state index contributed by atoms with van der Waals surface area (Å²) in [6, 6.07) is 17.5. The third-order valence-corrected chi connectivity index (χ3v) is 6.28. The van der Waals surface area contributed by atoms with Gasteiger partial charge in [0.05, 0.1) is 18.3 Å². The second kappa shape index (κ2) is 7.92. The molecule has 0 unspecified atom stereocenters. The molecular formula is C22H17N3O4S. The molecule has 4 aromatic rings. The van der Waals surface area contributed by atoms with Gasteiger partial charge in [-0.3, -0.25) is 14.8 Å². The fourth-order valence-corrected chi connectivity index (χ4v) is 4.66. The molecule has 2 aromatic heterocycles. The zero-order valence-corrected chi connectivity index (χ0v) is 16.8. The molecule has 2 heterocycles. The first kappa shape index (κ1) is 19.5. The third-order valence-electron chi connectivity index (χ3n) is 4.53. The Balaban J connectivity index is 1.93. The van der Waals surface area contributed by atoms with Crippen molar-refractivity contribution in [3.8, 4) is 5.75 Å². The van der Waals surface area contributed by atoms with E-state index in [1.165, 1.54) is 56.0 Å². The van der Waals surface area contributed by atoms with Crippen LogP contribution in [-0.4, -0.2) is 31.4 Å². The maximum atomic E-state index is 13.7. The van der Waals surface area contributed by atoms with Crippen LogP contribution >= 0.6 is 0 Å². The maximum Gasteiger partial charge on any atom is 0.273 e. The minimum atomic E-state index is -4.29. The fraction of sp³-hybridized carbons (Fsp3) is 0.0455. The van der Waals surface area contributed by atoms with Gasteiger partial charge in [0.2, 0.25) is 0 Å². The van der Waals surface area contributed by atoms with Gasteiger partial charge < -0.3 is 4.74 Å². The molecule has 0 N–H and O–H groups in total. The average molecular weight is 419 g/mol. The molecular weight excluding hydrogens is 402 g/mol. The molecule has 150 valence electrons. The Bertz CT molecular complexity index is 1300. The van der Waals surface area contributed by atoms with Crippen molar-refractivity contribution in [2.45, 2.75) is 4.90 Å². The van der Waals surface area contributed by atoms with Crippen molar-refractivity contribution in [1.29, 1.82) is 0 Å². The van der Waals surface area contributed by atoms with Crippen molar-refractivity contribution in [3.05, 3.63) is 90.9 Å². The normalized spacial score (nSPS) is 11.2. The number of methoxy groups -OCH3 is 1. The number of hydrogen-bond acceptors (Lipinski definition) is 6. The van der Waals surface area contributed by atoms with Crippen LogP contribution in [0, 0.1) is 0 Å². The highest BCUT2D eigenvalue weighted by Gasteiger charge is 2.33. The van der Waals surface area contributed by atoms with Gasteiger partial charge in [0, 0.05) is 29.5 Å². The lowest BCUT2D eigenvalue weighted by Gasteiger charge is -2.23. The van der Waals surface area contributed by atoms with Crippen molar-refractivity contribution >= 4 is 32.5 Å². The van der Waals surface area contributed by atoms with Gasteiger partial charge in [0.25, 0.3) is 15.9 Å². The van der Waals surface area contributed by atoms with E-state index in [4.69, 9.17) is 4.74 Å². The maximum absolute atomic E-state index is 13.7. The minimum Gasteiger partial charge on any atom is -0.497 e. The predicted molar refractivity (Wildman–Crippen MR) is 113 cm³/mol. The van der Waals surface area contributed by atoms with Gasteiger partial charge in [-0.25, -0.2) is 8.42 Å². The Labute approximate surface area is 173 Å². The summed E-state index contributed by atoms with van der Waals surface area (Å²) >= 11 is 0. The van der Waals surface area contributed by atoms with Crippen LogP contribution in [0.25, 0.3) is 10.9 Å². The largest absolute Gasteiger partial charge is 0.497 e. The molecule has 0 aliphatic heterocycles. The van der Waals surface area contributed by atoms with E-state index < -0.39 is 15.9 Å². The number of benzene rings is 2. The first-order chi connectivity index (χ1) is 14.5. The minimum absolute atomic E-state index is 0.0566. The molecule has 1 amide bonds. The summed E-state index contributed by atoms with van der Waals surface area (Å²) in [7, 11) is -2.78. The van der Waals surface area contributed by atoms with E-state index in [9.17, 15) is 13.2 Å². The van der Waals surface area contributed by atoms with Crippen LogP contribution in [-0.2, 0) is 10.0 Å². The van der Waals surface area contributed by atoms with Crippen LogP contribution in [0.1, 0.15) is 10.4 Å². The number of anilines is 1. The SMILES string of the molecule is COc1ccc(N(C(=O)c2ccncc2)S(=O)(=O)c2cccc3cccnc23)cc1. The van der Waals surface area contributed by atoms with E-state index >= 15 is 0 Å². The number of para-hydroxylation sites is 1. The summed E-state index contributed by atoms with van der Waals surface area (Å²) in [6.45, 7) is 0. The van der Waals surface area contributed by atoms with Crippen molar-refractivity contribution < 1.29 is 17.9 Å². The number of ether oxygens (including phenoxy) is 1. The van der Waals surface area contributed by atoms with E-state index in [0.29, 0.717) is 16.7 Å². The molecule has 0 bridgehead atoms. The topological polar surface area (TPSA) is 89.5 Å². The molecule has 4 rings (SSSR count). The Morgan fingerprint density at radius 2 is 1.60 bits per heavy atom. The highest BCUT2D eigenvalue weighted by molar-refractivity contribution is 7.93. The first-order valence-corrected chi connectivity index (χ1v) is 10.4. The number of sulfonamides is 1. The summed E-state index contributed by atoms with van der Waals surface area (Å²) in [5, 5.41) is 0.657. The lowest BCUT2D eigenvalue weighted by atomic mass is 10.2. The van der Waals surface area contributed by atoms with Crippen molar-refractivity contribution in [3.63, 3.8) is 0 Å². The number of rotatable bonds is 5. The summed E-state index contributed by atoms with van der Waals surface area (Å²) in [6.07, 6.45) is 4.39. The van der Waals surface area contributed by atoms with Crippen LogP contribution < -0.4 is 9.04 Å². The highest BCUT2D eigenvalue weighted by Crippen LogP contribution is 2.30. The number of amides is 1. The number of carbonyl (C=O) groups excluding carboxylic acids is 1. The number of nitrogens with zero attached hydrogens (tertiary/aromatic N) is 3. The molecule has 0 saturated carbocycles. The molecule has 0 aliphatic carbocycles. The highest BCUT2D eigenvalue weighted by atomic mass is 32.2. The van der Waals surface area contributed by atoms with Gasteiger partial charge in [-0.15, -0.1) is 0 Å². The smallest absolute Gasteiger partial charge is 0.273 e. The molecule has 7 nitrogen and oxygen atoms in total. The lowest BCUT2D eigenvalue weighted by molar-refractivity contribution is 0.100. The van der Waals surface area contributed by atoms with Gasteiger partial charge in [0.15, 0.2) is 0 Å². The second-order valence-electron chi connectivity index (χ2n) is 6.34. The quantitative estimate of drug-likeness (QED) is 0.490. The molecule has 2 aromatic carbocycles. The van der Waals surface area contributed by atoms with E-state index in [1.54, 1.807) is 36.4 Å². The third kappa shape index (κ3) is 3.48. The number of aromatic nitrogens is 2. The molecule has 0 atom stereocenters. The van der Waals surface area contributed by atoms with E-state index in [0.717, 1.165) is 4.31 Å². The number of pyridine rings is 2. The zero-order chi connectivity index (χ0) is 21.1. The molecule has 0 aliphatic rings. The monoisotopic (exact) mass is 419 g/mol. The molecule has 0 fully saturated rings. The Morgan fingerprint density at radius 3 is 2.30 bits per heavy atom. The summed E-state index contributed by atoms with van der Waals surface area (Å²) < 4.78 is 33.4. The van der Waals surface area contributed by atoms with Gasteiger partial charge in [-0.1, -0.05) is 18.2 Å². The van der Waals surface area contributed by atoms with Crippen molar-refractivity contribution in [1.82, 2.24) is 9.97 Å². The Hall–Kier alpha value is -3.78. The van der Waals surface area contributed by atoms with E-state index in [2.05, 4.69) is 9.97 Å². The van der Waals surface area contributed by atoms with Crippen LogP contribution in [0.4, 0.5) is 5.69 Å². The molecule has 30 heavy (non-hydrogen) atoms. The van der Waals surface area contributed by atoms with Crippen LogP contribution in [0.15, 0.2) is 90.2 Å². The van der Waals surface area contributed by atoms with Gasteiger partial charge in [-0.05, 0) is 48.5 Å². The summed E-state index contributed by atoms with van der Waals surface area (Å²) in [5.74, 6) is -0.158. The van der Waals surface area contributed by atoms with Gasteiger partial charge in [0.1, 0.15) is 10.6 Å². The molecule has 8 heteroatoms. The zero-order valence-electron chi connectivity index (χ0n) is 16.0. The fourth-order valence-electron chi connectivity index (χ4n) is 3.08. The van der Waals surface area contributed by atoms with Crippen LogP contribution in [0.3, 0.4) is 0 Å². The predicted octanol–water partition coefficient (Wildman–Crippen LogP) is 3.67. The van der Waals surface area contributed by atoms with E-state index in [1.807, 2.05) is 0 Å². The standard InChI is InChI=1S/C22H17N3O4S/c1-29-19-9-7-18(8-10-19)25(22(26)17-11-14-23-15-12-17)30(27,28)20-6-2-4-16-5-3-13-24-21(16)20/h2-15H,1H3. The van der Waals surface area contributed by atoms with E-state index in [-0.39, 0.29) is 16.1 Å². The number of fused-ring (bicyclic) bond motifs is 1. The summed E-state index contributed by atoms with van der Waals surface area (Å²) in [4.78, 5) is 21.4. The van der Waals surface area contributed by atoms with Crippen molar-refractivity contribution in [2.24, 2.45) is 0 Å². The second-order valence-corrected chi connectivity index (χ2v) is 8.09. The Kier molecular flexibility index (Phi) is 5.16. The van der Waals surface area contributed by atoms with Crippen molar-refractivity contribution in [2.75, 3.05) is 11.4 Å². The molecule has 0 saturated heterocycles. The summed E-state index contributed by atoms with van der Waals surface area (Å²) in [5.41, 5.74) is 0.671. The first-order valence-electron chi connectivity index (χ1n) is 9.00. The van der Waals surface area contributed by atoms with Gasteiger partial charge >= 0.3 is 0 Å². The molecule has 0 radical (unpaired) electrons. The van der Waals surface area contributed by atoms with Gasteiger partial charge in [-0.2, -0.15) is 4.31 Å². The van der Waals surface area contributed by atoms with Crippen LogP contribution in [0.5, 0.6) is 5.75 Å². The lowest BCUT2D eigenvalue weighted by Crippen LogP contribution is -2.37. The number of carbonyl (C=O) groups is 1. The Morgan fingerprint density at radius 1 is 0.900 bits per heavy atom. The number of hydrogen-bond donors (Lipinski definition) is 0. The van der Waals surface area contributed by atoms with Crippen LogP contribution in [0.2, 0.25) is 0 Å². The average Bonchev–Trinajstić information content (AvgIpc) is 2.79. The molecule has 0 spiro atoms.